The highest BCUT2D eigenvalue weighted by atomic mass is 19.4. The Morgan fingerprint density at radius 1 is 1.36 bits per heavy atom. The number of hydrogen-bond acceptors (Lipinski definition) is 2. The number of hydrogen-bond donors (Lipinski definition) is 1. The van der Waals surface area contributed by atoms with E-state index in [1.807, 2.05) is 0 Å². The standard InChI is InChI=1S/C8H13F3N2O/c9-8(10,11)3-1-2-4-13-6-12-5-7(13)14/h12H,1-6H2. The molecule has 1 aliphatic heterocycles. The lowest BCUT2D eigenvalue weighted by Crippen LogP contribution is -2.27. The van der Waals surface area contributed by atoms with E-state index >= 15 is 0 Å². The molecule has 14 heavy (non-hydrogen) atoms. The predicted molar refractivity (Wildman–Crippen MR) is 44.5 cm³/mol. The number of unbranched alkanes of at least 4 members (excludes halogenated alkanes) is 1. The van der Waals surface area contributed by atoms with Gasteiger partial charge in [0.2, 0.25) is 5.91 Å². The van der Waals surface area contributed by atoms with Gasteiger partial charge in [0.05, 0.1) is 13.2 Å². The monoisotopic (exact) mass is 210 g/mol. The maximum absolute atomic E-state index is 11.7. The molecular weight excluding hydrogens is 197 g/mol. The van der Waals surface area contributed by atoms with Gasteiger partial charge in [-0.05, 0) is 12.8 Å². The van der Waals surface area contributed by atoms with E-state index in [4.69, 9.17) is 0 Å². The number of alkyl halides is 3. The normalized spacial score (nSPS) is 17.9. The quantitative estimate of drug-likeness (QED) is 0.705. The van der Waals surface area contributed by atoms with Crippen LogP contribution in [0.15, 0.2) is 0 Å². The first-order valence-electron chi connectivity index (χ1n) is 4.54. The summed E-state index contributed by atoms with van der Waals surface area (Å²) in [5, 5.41) is 2.83. The molecule has 1 saturated heterocycles. The molecule has 6 heteroatoms. The van der Waals surface area contributed by atoms with Gasteiger partial charge in [-0.3, -0.25) is 10.1 Å². The zero-order valence-electron chi connectivity index (χ0n) is 7.73. The molecule has 1 aliphatic rings. The van der Waals surface area contributed by atoms with E-state index in [2.05, 4.69) is 5.32 Å². The van der Waals surface area contributed by atoms with E-state index in [0.717, 1.165) is 0 Å². The molecular formula is C8H13F3N2O. The van der Waals surface area contributed by atoms with Crippen LogP contribution >= 0.6 is 0 Å². The highest BCUT2D eigenvalue weighted by Crippen LogP contribution is 2.22. The number of nitrogens with one attached hydrogen (secondary N) is 1. The maximum Gasteiger partial charge on any atom is 0.389 e. The van der Waals surface area contributed by atoms with Gasteiger partial charge < -0.3 is 4.90 Å². The molecule has 0 atom stereocenters. The smallest absolute Gasteiger partial charge is 0.329 e. The van der Waals surface area contributed by atoms with Crippen molar-refractivity contribution < 1.29 is 18.0 Å². The second-order valence-electron chi connectivity index (χ2n) is 3.31. The Labute approximate surface area is 80.3 Å². The van der Waals surface area contributed by atoms with Crippen molar-refractivity contribution in [2.24, 2.45) is 0 Å². The molecule has 0 spiro atoms. The molecule has 0 aliphatic carbocycles. The summed E-state index contributed by atoms with van der Waals surface area (Å²) in [7, 11) is 0. The largest absolute Gasteiger partial charge is 0.389 e. The van der Waals surface area contributed by atoms with E-state index in [9.17, 15) is 18.0 Å². The molecule has 82 valence electrons. The van der Waals surface area contributed by atoms with Crippen molar-refractivity contribution in [3.05, 3.63) is 0 Å². The SMILES string of the molecule is O=C1CNCN1CCCCC(F)(F)F. The molecule has 1 heterocycles. The van der Waals surface area contributed by atoms with Crippen LogP contribution in [-0.4, -0.2) is 36.7 Å². The Kier molecular flexibility index (Phi) is 3.74. The first kappa shape index (κ1) is 11.3. The van der Waals surface area contributed by atoms with Crippen LogP contribution in [0.2, 0.25) is 0 Å². The maximum atomic E-state index is 11.7. The molecule has 0 radical (unpaired) electrons. The number of amides is 1. The topological polar surface area (TPSA) is 32.3 Å². The molecule has 0 bridgehead atoms. The van der Waals surface area contributed by atoms with Crippen molar-refractivity contribution in [1.29, 1.82) is 0 Å². The molecule has 0 unspecified atom stereocenters. The number of halogens is 3. The predicted octanol–water partition coefficient (Wildman–Crippen LogP) is 1.11. The van der Waals surface area contributed by atoms with Crippen molar-refractivity contribution in [3.63, 3.8) is 0 Å². The summed E-state index contributed by atoms with van der Waals surface area (Å²) in [5.41, 5.74) is 0. The van der Waals surface area contributed by atoms with Gasteiger partial charge >= 0.3 is 6.18 Å². The molecule has 0 aromatic heterocycles. The molecule has 0 saturated carbocycles. The molecule has 0 aromatic rings. The zero-order valence-corrected chi connectivity index (χ0v) is 7.73. The molecule has 0 aromatic carbocycles. The fourth-order valence-electron chi connectivity index (χ4n) is 1.33. The van der Waals surface area contributed by atoms with Crippen molar-refractivity contribution in [3.8, 4) is 0 Å². The second-order valence-corrected chi connectivity index (χ2v) is 3.31. The van der Waals surface area contributed by atoms with E-state index < -0.39 is 12.6 Å². The van der Waals surface area contributed by atoms with E-state index in [1.54, 1.807) is 0 Å². The molecule has 1 fully saturated rings. The van der Waals surface area contributed by atoms with Crippen LogP contribution in [0.4, 0.5) is 13.2 Å². The minimum absolute atomic E-state index is 0.0305. The van der Waals surface area contributed by atoms with Crippen LogP contribution in [0.5, 0.6) is 0 Å². The average Bonchev–Trinajstić information content (AvgIpc) is 2.44. The third kappa shape index (κ3) is 3.95. The fraction of sp³-hybridized carbons (Fsp3) is 0.875. The Balaban J connectivity index is 2.07. The minimum atomic E-state index is -4.08. The van der Waals surface area contributed by atoms with Gasteiger partial charge in [0.1, 0.15) is 0 Å². The summed E-state index contributed by atoms with van der Waals surface area (Å²) in [5.74, 6) is -0.0305. The second kappa shape index (κ2) is 4.63. The molecule has 1 amide bonds. The lowest BCUT2D eigenvalue weighted by molar-refractivity contribution is -0.135. The fourth-order valence-corrected chi connectivity index (χ4v) is 1.33. The summed E-state index contributed by atoms with van der Waals surface area (Å²) in [6.45, 7) is 1.19. The van der Waals surface area contributed by atoms with Crippen LogP contribution in [0, 0.1) is 0 Å². The Morgan fingerprint density at radius 3 is 2.57 bits per heavy atom. The number of carbonyl (C=O) groups excluding carboxylic acids is 1. The van der Waals surface area contributed by atoms with E-state index in [0.29, 0.717) is 26.2 Å². The van der Waals surface area contributed by atoms with Crippen LogP contribution in [0.1, 0.15) is 19.3 Å². The molecule has 3 nitrogen and oxygen atoms in total. The highest BCUT2D eigenvalue weighted by Gasteiger charge is 2.26. The van der Waals surface area contributed by atoms with Gasteiger partial charge in [-0.15, -0.1) is 0 Å². The van der Waals surface area contributed by atoms with E-state index in [1.165, 1.54) is 4.90 Å². The van der Waals surface area contributed by atoms with Crippen molar-refractivity contribution >= 4 is 5.91 Å². The van der Waals surface area contributed by atoms with E-state index in [-0.39, 0.29) is 12.3 Å². The molecule has 1 N–H and O–H groups in total. The number of rotatable bonds is 4. The summed E-state index contributed by atoms with van der Waals surface area (Å²) in [6, 6.07) is 0. The van der Waals surface area contributed by atoms with Crippen molar-refractivity contribution in [1.82, 2.24) is 10.2 Å². The van der Waals surface area contributed by atoms with Gasteiger partial charge in [-0.2, -0.15) is 13.2 Å². The summed E-state index contributed by atoms with van der Waals surface area (Å²) < 4.78 is 35.2. The zero-order chi connectivity index (χ0) is 10.6. The summed E-state index contributed by atoms with van der Waals surface area (Å²) in [6.07, 6.45) is -4.34. The van der Waals surface area contributed by atoms with Gasteiger partial charge in [0.15, 0.2) is 0 Å². The van der Waals surface area contributed by atoms with Crippen LogP contribution in [0.25, 0.3) is 0 Å². The lowest BCUT2D eigenvalue weighted by Gasteiger charge is -2.14. The Morgan fingerprint density at radius 2 is 2.07 bits per heavy atom. The summed E-state index contributed by atoms with van der Waals surface area (Å²) in [4.78, 5) is 12.5. The van der Waals surface area contributed by atoms with Gasteiger partial charge in [0, 0.05) is 13.0 Å². The first-order valence-corrected chi connectivity index (χ1v) is 4.54. The number of nitrogens with zero attached hydrogens (tertiary/aromatic N) is 1. The third-order valence-corrected chi connectivity index (χ3v) is 2.07. The lowest BCUT2D eigenvalue weighted by atomic mass is 10.2. The van der Waals surface area contributed by atoms with Crippen LogP contribution in [-0.2, 0) is 4.79 Å². The van der Waals surface area contributed by atoms with Gasteiger partial charge in [-0.1, -0.05) is 0 Å². The molecule has 1 rings (SSSR count). The van der Waals surface area contributed by atoms with Crippen LogP contribution < -0.4 is 5.32 Å². The van der Waals surface area contributed by atoms with Crippen molar-refractivity contribution in [2.45, 2.75) is 25.4 Å². The third-order valence-electron chi connectivity index (χ3n) is 2.07. The average molecular weight is 210 g/mol. The Bertz CT molecular complexity index is 205. The van der Waals surface area contributed by atoms with Crippen molar-refractivity contribution in [2.75, 3.05) is 19.8 Å². The van der Waals surface area contributed by atoms with Gasteiger partial charge in [-0.25, -0.2) is 0 Å². The highest BCUT2D eigenvalue weighted by molar-refractivity contribution is 5.79. The number of carbonyl (C=O) groups is 1. The van der Waals surface area contributed by atoms with Gasteiger partial charge in [0.25, 0.3) is 0 Å². The Hall–Kier alpha value is -0.780. The summed E-state index contributed by atoms with van der Waals surface area (Å²) >= 11 is 0. The minimum Gasteiger partial charge on any atom is -0.329 e. The van der Waals surface area contributed by atoms with Crippen LogP contribution in [0.3, 0.4) is 0 Å². The first-order chi connectivity index (χ1) is 6.49.